The summed E-state index contributed by atoms with van der Waals surface area (Å²) in [5, 5.41) is 2.63. The zero-order valence-corrected chi connectivity index (χ0v) is 13.7. The normalized spacial score (nSPS) is 20.9. The Morgan fingerprint density at radius 2 is 1.87 bits per heavy atom. The van der Waals surface area contributed by atoms with Crippen LogP contribution in [0.3, 0.4) is 0 Å². The van der Waals surface area contributed by atoms with Gasteiger partial charge >= 0.3 is 6.09 Å². The summed E-state index contributed by atoms with van der Waals surface area (Å²) in [4.78, 5) is 35.4. The first-order chi connectivity index (χ1) is 11.1. The van der Waals surface area contributed by atoms with Gasteiger partial charge in [0, 0.05) is 20.6 Å². The number of hydrogen-bond donors (Lipinski definition) is 1. The Balaban J connectivity index is 0.000000816. The van der Waals surface area contributed by atoms with E-state index in [1.54, 1.807) is 38.5 Å². The number of hydrogen-bond acceptors (Lipinski definition) is 5. The summed E-state index contributed by atoms with van der Waals surface area (Å²) in [6.07, 6.45) is 1.49. The summed E-state index contributed by atoms with van der Waals surface area (Å²) in [6.45, 7) is 0. The molecule has 1 aliphatic rings. The molecule has 0 aliphatic heterocycles. The van der Waals surface area contributed by atoms with Gasteiger partial charge in [-0.3, -0.25) is 4.79 Å². The lowest BCUT2D eigenvalue weighted by molar-refractivity contribution is -0.133. The van der Waals surface area contributed by atoms with E-state index in [1.165, 1.54) is 7.11 Å². The highest BCUT2D eigenvalue weighted by molar-refractivity contribution is 6.01. The summed E-state index contributed by atoms with van der Waals surface area (Å²) >= 11 is 0. The van der Waals surface area contributed by atoms with Crippen LogP contribution in [0.4, 0.5) is 4.79 Å². The predicted molar refractivity (Wildman–Crippen MR) is 85.0 cm³/mol. The highest BCUT2D eigenvalue weighted by atomic mass is 16.5. The smallest absolute Gasteiger partial charge is 0.407 e. The molecular formula is C17H23NO5. The Labute approximate surface area is 136 Å². The number of Topliss-reactive ketones (excluding diaryl/α,β-unsaturated/α-hetero) is 1. The molecular weight excluding hydrogens is 298 g/mol. The molecule has 2 atom stereocenters. The average molecular weight is 321 g/mol. The summed E-state index contributed by atoms with van der Waals surface area (Å²) in [5.41, 5.74) is -0.463. The van der Waals surface area contributed by atoms with E-state index in [4.69, 9.17) is 0 Å². The van der Waals surface area contributed by atoms with E-state index < -0.39 is 17.6 Å². The second-order valence-corrected chi connectivity index (χ2v) is 5.32. The maximum atomic E-state index is 12.2. The number of benzene rings is 1. The van der Waals surface area contributed by atoms with Crippen LogP contribution in [0.5, 0.6) is 0 Å². The molecule has 126 valence electrons. The fraction of sp³-hybridized carbons (Fsp3) is 0.471. The van der Waals surface area contributed by atoms with E-state index in [0.29, 0.717) is 25.5 Å². The predicted octanol–water partition coefficient (Wildman–Crippen LogP) is 2.28. The molecule has 1 N–H and O–H groups in total. The molecule has 6 heteroatoms. The Kier molecular flexibility index (Phi) is 7.41. The van der Waals surface area contributed by atoms with Crippen LogP contribution in [0.15, 0.2) is 30.3 Å². The molecule has 1 aromatic rings. The van der Waals surface area contributed by atoms with Crippen LogP contribution in [-0.4, -0.2) is 39.5 Å². The molecule has 6 nitrogen and oxygen atoms in total. The Morgan fingerprint density at radius 1 is 1.26 bits per heavy atom. The number of rotatable bonds is 4. The van der Waals surface area contributed by atoms with Crippen molar-refractivity contribution in [3.05, 3.63) is 35.9 Å². The molecule has 1 aromatic carbocycles. The van der Waals surface area contributed by atoms with Crippen molar-refractivity contribution in [2.75, 3.05) is 21.3 Å². The standard InChI is InChI=1S/C15H17NO4.C2H6O/c1-20-14(19)16-13(11-6-3-2-4-7-11)15(10-17)9-5-8-12(15)18;1-3-2/h2-4,6-7,10,13H,5,8-9H2,1H3,(H,16,19);1-2H3. The summed E-state index contributed by atoms with van der Waals surface area (Å²) in [7, 11) is 4.50. The van der Waals surface area contributed by atoms with E-state index in [-0.39, 0.29) is 5.78 Å². The Morgan fingerprint density at radius 3 is 2.30 bits per heavy atom. The highest BCUT2D eigenvalue weighted by Crippen LogP contribution is 2.43. The molecule has 1 amide bonds. The lowest BCUT2D eigenvalue weighted by Crippen LogP contribution is -2.44. The first-order valence-electron chi connectivity index (χ1n) is 7.35. The van der Waals surface area contributed by atoms with E-state index in [9.17, 15) is 14.4 Å². The second kappa shape index (κ2) is 9.05. The summed E-state index contributed by atoms with van der Waals surface area (Å²) < 4.78 is 8.86. The largest absolute Gasteiger partial charge is 0.453 e. The van der Waals surface area contributed by atoms with Crippen LogP contribution >= 0.6 is 0 Å². The van der Waals surface area contributed by atoms with E-state index in [2.05, 4.69) is 14.8 Å². The van der Waals surface area contributed by atoms with Gasteiger partial charge in [-0.25, -0.2) is 4.79 Å². The number of nitrogens with one attached hydrogen (secondary N) is 1. The molecule has 0 aromatic heterocycles. The quantitative estimate of drug-likeness (QED) is 0.679. The minimum absolute atomic E-state index is 0.127. The van der Waals surface area contributed by atoms with Gasteiger partial charge in [-0.05, 0) is 18.4 Å². The molecule has 0 spiro atoms. The fourth-order valence-corrected chi connectivity index (χ4v) is 2.74. The van der Waals surface area contributed by atoms with E-state index >= 15 is 0 Å². The van der Waals surface area contributed by atoms with Crippen molar-refractivity contribution in [3.8, 4) is 0 Å². The van der Waals surface area contributed by atoms with Gasteiger partial charge in [-0.1, -0.05) is 30.3 Å². The highest BCUT2D eigenvalue weighted by Gasteiger charge is 2.49. The maximum absolute atomic E-state index is 12.2. The van der Waals surface area contributed by atoms with Crippen molar-refractivity contribution in [2.24, 2.45) is 5.41 Å². The topological polar surface area (TPSA) is 81.7 Å². The van der Waals surface area contributed by atoms with Gasteiger partial charge in [0.15, 0.2) is 0 Å². The zero-order chi connectivity index (χ0) is 17.3. The van der Waals surface area contributed by atoms with Gasteiger partial charge in [0.05, 0.1) is 13.2 Å². The SMILES string of the molecule is COC.COC(=O)NC(c1ccccc1)C1(C=O)CCCC1=O. The molecule has 2 rings (SSSR count). The number of aldehydes is 1. The molecule has 1 aliphatic carbocycles. The van der Waals surface area contributed by atoms with Gasteiger partial charge in [0.25, 0.3) is 0 Å². The number of methoxy groups -OCH3 is 2. The number of carbonyl (C=O) groups is 3. The number of carbonyl (C=O) groups excluding carboxylic acids is 3. The molecule has 1 fully saturated rings. The van der Waals surface area contributed by atoms with E-state index in [1.807, 2.05) is 6.07 Å². The fourth-order valence-electron chi connectivity index (χ4n) is 2.74. The lowest BCUT2D eigenvalue weighted by atomic mass is 9.76. The van der Waals surface area contributed by atoms with Crippen molar-refractivity contribution in [3.63, 3.8) is 0 Å². The van der Waals surface area contributed by atoms with Crippen LogP contribution in [0.2, 0.25) is 0 Å². The van der Waals surface area contributed by atoms with Crippen molar-refractivity contribution in [1.82, 2.24) is 5.32 Å². The van der Waals surface area contributed by atoms with Gasteiger partial charge in [-0.15, -0.1) is 0 Å². The van der Waals surface area contributed by atoms with E-state index in [0.717, 1.165) is 5.56 Å². The number of ether oxygens (including phenoxy) is 2. The summed E-state index contributed by atoms with van der Waals surface area (Å²) in [6, 6.07) is 8.33. The number of alkyl carbamates (subject to hydrolysis) is 1. The van der Waals surface area contributed by atoms with Crippen molar-refractivity contribution in [1.29, 1.82) is 0 Å². The van der Waals surface area contributed by atoms with Gasteiger partial charge in [-0.2, -0.15) is 0 Å². The minimum Gasteiger partial charge on any atom is -0.453 e. The third-order valence-electron chi connectivity index (χ3n) is 3.82. The first kappa shape index (κ1) is 18.8. The van der Waals surface area contributed by atoms with Crippen LogP contribution in [0.1, 0.15) is 30.9 Å². The molecule has 0 heterocycles. The van der Waals surface area contributed by atoms with Crippen molar-refractivity contribution in [2.45, 2.75) is 25.3 Å². The van der Waals surface area contributed by atoms with Gasteiger partial charge in [0.2, 0.25) is 0 Å². The third kappa shape index (κ3) is 4.39. The molecule has 1 saturated carbocycles. The third-order valence-corrected chi connectivity index (χ3v) is 3.82. The van der Waals surface area contributed by atoms with Gasteiger partial charge in [0.1, 0.15) is 17.5 Å². The monoisotopic (exact) mass is 321 g/mol. The zero-order valence-electron chi connectivity index (χ0n) is 13.7. The Hall–Kier alpha value is -2.21. The van der Waals surface area contributed by atoms with Crippen LogP contribution in [0, 0.1) is 5.41 Å². The van der Waals surface area contributed by atoms with Crippen molar-refractivity contribution < 1.29 is 23.9 Å². The molecule has 0 bridgehead atoms. The first-order valence-corrected chi connectivity index (χ1v) is 7.35. The maximum Gasteiger partial charge on any atom is 0.407 e. The lowest BCUT2D eigenvalue weighted by Gasteiger charge is -2.31. The van der Waals surface area contributed by atoms with Crippen molar-refractivity contribution >= 4 is 18.2 Å². The van der Waals surface area contributed by atoms with Crippen LogP contribution in [0.25, 0.3) is 0 Å². The van der Waals surface area contributed by atoms with Gasteiger partial charge < -0.3 is 19.6 Å². The number of ketones is 1. The minimum atomic E-state index is -1.18. The second-order valence-electron chi connectivity index (χ2n) is 5.32. The van der Waals surface area contributed by atoms with Crippen LogP contribution in [-0.2, 0) is 19.1 Å². The molecule has 0 radical (unpaired) electrons. The molecule has 23 heavy (non-hydrogen) atoms. The summed E-state index contributed by atoms with van der Waals surface area (Å²) in [5.74, 6) is -0.127. The molecule has 2 unspecified atom stereocenters. The average Bonchev–Trinajstić information content (AvgIpc) is 2.95. The molecule has 0 saturated heterocycles. The number of amides is 1. The van der Waals surface area contributed by atoms with Crippen LogP contribution < -0.4 is 5.32 Å². The Bertz CT molecular complexity index is 531.